The zero-order valence-corrected chi connectivity index (χ0v) is 23.2. The molecule has 1 aromatic carbocycles. The molecule has 210 valence electrons. The number of rotatable bonds is 11. The molecule has 0 saturated heterocycles. The van der Waals surface area contributed by atoms with E-state index in [1.807, 2.05) is 0 Å². The summed E-state index contributed by atoms with van der Waals surface area (Å²) in [6.07, 6.45) is -3.03. The van der Waals surface area contributed by atoms with Crippen LogP contribution in [0.15, 0.2) is 48.8 Å². The lowest BCUT2D eigenvalue weighted by Crippen LogP contribution is -2.17. The van der Waals surface area contributed by atoms with Crippen LogP contribution in [0.25, 0.3) is 11.1 Å². The van der Waals surface area contributed by atoms with Gasteiger partial charge in [-0.15, -0.1) is 28.5 Å². The van der Waals surface area contributed by atoms with Gasteiger partial charge in [0, 0.05) is 12.6 Å². The van der Waals surface area contributed by atoms with Gasteiger partial charge in [0.1, 0.15) is 16.9 Å². The molecule has 1 unspecified atom stereocenters. The van der Waals surface area contributed by atoms with Crippen LogP contribution < -0.4 is 13.6 Å². The first-order chi connectivity index (χ1) is 19.1. The number of nitrogens with zero attached hydrogens (tertiary/aromatic N) is 6. The molecule has 1 atom stereocenters. The number of carbonyl (C=O) groups excluding carboxylic acids is 2. The van der Waals surface area contributed by atoms with Gasteiger partial charge >= 0.3 is 6.36 Å². The molecular formula is C23H19F4IN8O3S. The third-order valence-electron chi connectivity index (χ3n) is 5.19. The van der Waals surface area contributed by atoms with Crippen LogP contribution in [-0.4, -0.2) is 54.5 Å². The van der Waals surface area contributed by atoms with Gasteiger partial charge < -0.3 is 10.1 Å². The minimum absolute atomic E-state index is 0.0813. The third-order valence-corrected chi connectivity index (χ3v) is 6.57. The van der Waals surface area contributed by atoms with E-state index < -0.39 is 24.3 Å². The number of hydrogen-bond acceptors (Lipinski definition) is 9. The topological polar surface area (TPSA) is 137 Å². The van der Waals surface area contributed by atoms with Gasteiger partial charge in [0.05, 0.1) is 47.7 Å². The van der Waals surface area contributed by atoms with E-state index >= 15 is 0 Å². The summed E-state index contributed by atoms with van der Waals surface area (Å²) in [5.41, 5.74) is 1.48. The first-order valence-electron chi connectivity index (χ1n) is 11.5. The lowest BCUT2D eigenvalue weighted by molar-refractivity contribution is -0.274. The number of amides is 2. The van der Waals surface area contributed by atoms with E-state index in [1.54, 1.807) is 41.1 Å². The van der Waals surface area contributed by atoms with Crippen LogP contribution in [0.2, 0.25) is 0 Å². The number of pyridine rings is 1. The average Bonchev–Trinajstić information content (AvgIpc) is 3.56. The molecule has 0 aliphatic rings. The lowest BCUT2D eigenvalue weighted by Gasteiger charge is -2.10. The molecule has 2 amide bonds. The Morgan fingerprint density at radius 3 is 2.70 bits per heavy atom. The largest absolute Gasteiger partial charge is 0.573 e. The first kappa shape index (κ1) is 29.2. The van der Waals surface area contributed by atoms with Gasteiger partial charge in [-0.05, 0) is 41.8 Å². The first-order valence-corrected chi connectivity index (χ1v) is 13.4. The predicted molar refractivity (Wildman–Crippen MR) is 143 cm³/mol. The molecule has 0 aliphatic carbocycles. The van der Waals surface area contributed by atoms with Crippen molar-refractivity contribution in [1.82, 2.24) is 33.7 Å². The van der Waals surface area contributed by atoms with Crippen molar-refractivity contribution in [2.75, 3.05) is 5.32 Å². The Hall–Kier alpha value is -3.74. The van der Waals surface area contributed by atoms with Gasteiger partial charge in [-0.3, -0.25) is 18.1 Å². The van der Waals surface area contributed by atoms with Gasteiger partial charge in [0.2, 0.25) is 11.0 Å². The van der Waals surface area contributed by atoms with Crippen molar-refractivity contribution < 1.29 is 31.9 Å². The minimum Gasteiger partial charge on any atom is -0.406 e. The zero-order chi connectivity index (χ0) is 28.7. The highest BCUT2D eigenvalue weighted by Gasteiger charge is 2.31. The summed E-state index contributed by atoms with van der Waals surface area (Å²) >= 11 is 2.77. The Morgan fingerprint density at radius 2 is 1.93 bits per heavy atom. The van der Waals surface area contributed by atoms with Gasteiger partial charge in [-0.25, -0.2) is 9.07 Å². The average molecular weight is 690 g/mol. The highest BCUT2D eigenvalue weighted by atomic mass is 127. The molecule has 2 N–H and O–H groups in total. The number of aryl methyl sites for hydroxylation is 1. The van der Waals surface area contributed by atoms with E-state index in [1.165, 1.54) is 35.3 Å². The number of aromatic nitrogens is 6. The molecule has 0 radical (unpaired) electrons. The zero-order valence-electron chi connectivity index (χ0n) is 20.2. The van der Waals surface area contributed by atoms with Crippen molar-refractivity contribution in [3.05, 3.63) is 65.2 Å². The van der Waals surface area contributed by atoms with Crippen LogP contribution >= 0.6 is 34.2 Å². The molecule has 0 saturated carbocycles. The molecule has 3 aromatic heterocycles. The second kappa shape index (κ2) is 13.1. The summed E-state index contributed by atoms with van der Waals surface area (Å²) in [6.45, 7) is -0.0877. The standard InChI is InChI=1S/C23H19F4IN8O3S/c24-15(11-36-12-18(32-35-36)21(38)31-28)4-5-20-33-34-22(40-20)30-19(37)10-16-8-14(6-7-29-16)13-2-1-3-17(9-13)39-23(25,26)27/h1-3,6-9,12,15H,4-5,10-11H2,(H,31,38)(H,30,34,37). The Morgan fingerprint density at radius 1 is 1.12 bits per heavy atom. The molecule has 3 heterocycles. The summed E-state index contributed by atoms with van der Waals surface area (Å²) in [7, 11) is 0. The van der Waals surface area contributed by atoms with Crippen molar-refractivity contribution in [3.63, 3.8) is 0 Å². The fourth-order valence-corrected chi connectivity index (χ4v) is 4.52. The molecular weight excluding hydrogens is 671 g/mol. The molecule has 4 rings (SSSR count). The number of benzene rings is 1. The van der Waals surface area contributed by atoms with Gasteiger partial charge in [0.15, 0.2) is 5.69 Å². The molecule has 11 nitrogen and oxygen atoms in total. The Labute approximate surface area is 241 Å². The summed E-state index contributed by atoms with van der Waals surface area (Å²) < 4.78 is 59.6. The van der Waals surface area contributed by atoms with Crippen LogP contribution in [0, 0.1) is 0 Å². The SMILES string of the molecule is O=C(Cc1cc(-c2cccc(OC(F)(F)F)c2)ccn1)Nc1nnc(CCC(F)Cn2cc(C(=O)NI)nn2)s1. The summed E-state index contributed by atoms with van der Waals surface area (Å²) in [5.74, 6) is -1.22. The van der Waals surface area contributed by atoms with Crippen molar-refractivity contribution in [1.29, 1.82) is 0 Å². The monoisotopic (exact) mass is 690 g/mol. The fourth-order valence-electron chi connectivity index (χ4n) is 3.47. The summed E-state index contributed by atoms with van der Waals surface area (Å²) in [4.78, 5) is 28.2. The molecule has 0 fully saturated rings. The van der Waals surface area contributed by atoms with E-state index in [4.69, 9.17) is 0 Å². The molecule has 4 aromatic rings. The summed E-state index contributed by atoms with van der Waals surface area (Å²) in [5, 5.41) is 18.7. The number of alkyl halides is 4. The Kier molecular flexibility index (Phi) is 9.56. The van der Waals surface area contributed by atoms with Crippen molar-refractivity contribution in [2.24, 2.45) is 0 Å². The van der Waals surface area contributed by atoms with E-state index in [0.717, 1.165) is 11.3 Å². The van der Waals surface area contributed by atoms with Gasteiger partial charge in [0.25, 0.3) is 5.91 Å². The highest BCUT2D eigenvalue weighted by Crippen LogP contribution is 2.28. The van der Waals surface area contributed by atoms with Gasteiger partial charge in [-0.1, -0.05) is 28.7 Å². The van der Waals surface area contributed by atoms with E-state index in [9.17, 15) is 27.2 Å². The third kappa shape index (κ3) is 8.63. The number of nitrogens with one attached hydrogen (secondary N) is 2. The van der Waals surface area contributed by atoms with Crippen molar-refractivity contribution in [2.45, 2.75) is 38.3 Å². The number of carbonyl (C=O) groups is 2. The van der Waals surface area contributed by atoms with Crippen LogP contribution in [-0.2, 0) is 24.2 Å². The quantitative estimate of drug-likeness (QED) is 0.135. The van der Waals surface area contributed by atoms with Crippen LogP contribution in [0.3, 0.4) is 0 Å². The van der Waals surface area contributed by atoms with Crippen LogP contribution in [0.1, 0.15) is 27.6 Å². The normalized spacial score (nSPS) is 12.1. The summed E-state index contributed by atoms with van der Waals surface area (Å²) in [6, 6.07) is 8.67. The second-order valence-corrected chi connectivity index (χ2v) is 9.82. The smallest absolute Gasteiger partial charge is 0.406 e. The number of ether oxygens (including phenoxy) is 1. The Balaban J connectivity index is 1.28. The fraction of sp³-hybridized carbons (Fsp3) is 0.261. The molecule has 0 spiro atoms. The van der Waals surface area contributed by atoms with Crippen LogP contribution in [0.4, 0.5) is 22.7 Å². The maximum atomic E-state index is 14.4. The predicted octanol–water partition coefficient (Wildman–Crippen LogP) is 4.32. The minimum atomic E-state index is -4.81. The Bertz CT molecular complexity index is 1480. The van der Waals surface area contributed by atoms with Gasteiger partial charge in [-0.2, -0.15) is 0 Å². The number of hydrogen-bond donors (Lipinski definition) is 2. The van der Waals surface area contributed by atoms with Crippen LogP contribution in [0.5, 0.6) is 5.75 Å². The highest BCUT2D eigenvalue weighted by molar-refractivity contribution is 14.1. The maximum absolute atomic E-state index is 14.4. The molecule has 0 bridgehead atoms. The lowest BCUT2D eigenvalue weighted by atomic mass is 10.1. The van der Waals surface area contributed by atoms with E-state index in [2.05, 4.69) is 39.1 Å². The van der Waals surface area contributed by atoms with E-state index in [-0.39, 0.29) is 42.4 Å². The molecule has 40 heavy (non-hydrogen) atoms. The number of halogens is 5. The molecule has 17 heteroatoms. The van der Waals surface area contributed by atoms with Crippen molar-refractivity contribution in [3.8, 4) is 16.9 Å². The van der Waals surface area contributed by atoms with Crippen molar-refractivity contribution >= 4 is 51.1 Å². The van der Waals surface area contributed by atoms with E-state index in [0.29, 0.717) is 21.8 Å². The number of anilines is 1. The molecule has 0 aliphatic heterocycles. The second-order valence-electron chi connectivity index (χ2n) is 8.22. The maximum Gasteiger partial charge on any atom is 0.573 e.